The molecule has 0 aliphatic rings. The SMILES string of the molecule is O=C(NCCNC(=O)c1ccccc1S)c1ccc(C(F)(F)F)cc1. The van der Waals surface area contributed by atoms with Gasteiger partial charge in [0.25, 0.3) is 11.8 Å². The lowest BCUT2D eigenvalue weighted by molar-refractivity contribution is -0.137. The van der Waals surface area contributed by atoms with Crippen LogP contribution >= 0.6 is 12.6 Å². The van der Waals surface area contributed by atoms with Gasteiger partial charge in [0.2, 0.25) is 0 Å². The quantitative estimate of drug-likeness (QED) is 0.561. The number of carbonyl (C=O) groups excluding carboxylic acids is 2. The van der Waals surface area contributed by atoms with Gasteiger partial charge in [0.05, 0.1) is 11.1 Å². The van der Waals surface area contributed by atoms with Crippen molar-refractivity contribution in [1.82, 2.24) is 10.6 Å². The van der Waals surface area contributed by atoms with Crippen LogP contribution in [0.5, 0.6) is 0 Å². The lowest BCUT2D eigenvalue weighted by Crippen LogP contribution is -2.34. The number of rotatable bonds is 5. The van der Waals surface area contributed by atoms with E-state index in [-0.39, 0.29) is 24.6 Å². The number of halogens is 3. The Bertz CT molecular complexity index is 761. The molecule has 2 amide bonds. The number of thiol groups is 1. The minimum atomic E-state index is -4.44. The van der Waals surface area contributed by atoms with Crippen molar-refractivity contribution in [1.29, 1.82) is 0 Å². The highest BCUT2D eigenvalue weighted by atomic mass is 32.1. The lowest BCUT2D eigenvalue weighted by atomic mass is 10.1. The van der Waals surface area contributed by atoms with E-state index in [1.165, 1.54) is 0 Å². The number of hydrogen-bond acceptors (Lipinski definition) is 3. The van der Waals surface area contributed by atoms with E-state index in [2.05, 4.69) is 23.3 Å². The normalized spacial score (nSPS) is 11.0. The minimum Gasteiger partial charge on any atom is -0.350 e. The highest BCUT2D eigenvalue weighted by Gasteiger charge is 2.30. The fraction of sp³-hybridized carbons (Fsp3) is 0.176. The molecule has 4 nitrogen and oxygen atoms in total. The Morgan fingerprint density at radius 3 is 2.00 bits per heavy atom. The van der Waals surface area contributed by atoms with Gasteiger partial charge in [-0.2, -0.15) is 13.2 Å². The number of alkyl halides is 3. The molecule has 0 saturated heterocycles. The molecule has 0 bridgehead atoms. The summed E-state index contributed by atoms with van der Waals surface area (Å²) in [7, 11) is 0. The highest BCUT2D eigenvalue weighted by Crippen LogP contribution is 2.29. The zero-order valence-corrected chi connectivity index (χ0v) is 13.8. The molecule has 2 rings (SSSR count). The highest BCUT2D eigenvalue weighted by molar-refractivity contribution is 7.80. The Labute approximate surface area is 147 Å². The first kappa shape index (κ1) is 18.9. The van der Waals surface area contributed by atoms with Crippen LogP contribution in [0.2, 0.25) is 0 Å². The van der Waals surface area contributed by atoms with Gasteiger partial charge >= 0.3 is 6.18 Å². The Kier molecular flexibility index (Phi) is 6.08. The lowest BCUT2D eigenvalue weighted by Gasteiger charge is -2.09. The van der Waals surface area contributed by atoms with E-state index in [1.54, 1.807) is 24.3 Å². The maximum Gasteiger partial charge on any atom is 0.416 e. The molecule has 0 spiro atoms. The van der Waals surface area contributed by atoms with Crippen LogP contribution in [0.1, 0.15) is 26.3 Å². The molecule has 0 unspecified atom stereocenters. The zero-order chi connectivity index (χ0) is 18.4. The summed E-state index contributed by atoms with van der Waals surface area (Å²) in [4.78, 5) is 24.3. The monoisotopic (exact) mass is 368 g/mol. The van der Waals surface area contributed by atoms with Crippen LogP contribution < -0.4 is 10.6 Å². The molecular formula is C17H15F3N2O2S. The van der Waals surface area contributed by atoms with Gasteiger partial charge in [-0.1, -0.05) is 12.1 Å². The maximum atomic E-state index is 12.5. The van der Waals surface area contributed by atoms with E-state index in [1.807, 2.05) is 0 Å². The van der Waals surface area contributed by atoms with Crippen LogP contribution in [0, 0.1) is 0 Å². The number of hydrogen-bond donors (Lipinski definition) is 3. The maximum absolute atomic E-state index is 12.5. The van der Waals surface area contributed by atoms with Crippen molar-refractivity contribution >= 4 is 24.4 Å². The summed E-state index contributed by atoms with van der Waals surface area (Å²) >= 11 is 4.18. The first-order chi connectivity index (χ1) is 11.8. The second-order valence-corrected chi connectivity index (χ2v) is 5.59. The molecule has 2 aromatic carbocycles. The molecule has 2 aromatic rings. The van der Waals surface area contributed by atoms with Gasteiger partial charge in [-0.25, -0.2) is 0 Å². The Balaban J connectivity index is 1.81. The van der Waals surface area contributed by atoms with Crippen molar-refractivity contribution in [2.45, 2.75) is 11.1 Å². The van der Waals surface area contributed by atoms with E-state index in [0.29, 0.717) is 10.5 Å². The average Bonchev–Trinajstić information content (AvgIpc) is 2.58. The third-order valence-corrected chi connectivity index (χ3v) is 3.71. The summed E-state index contributed by atoms with van der Waals surface area (Å²) in [6.07, 6.45) is -4.44. The van der Waals surface area contributed by atoms with Crippen LogP contribution in [0.25, 0.3) is 0 Å². The second kappa shape index (κ2) is 8.06. The molecule has 8 heteroatoms. The Morgan fingerprint density at radius 1 is 0.880 bits per heavy atom. The summed E-state index contributed by atoms with van der Waals surface area (Å²) in [6.45, 7) is 0.313. The molecule has 0 radical (unpaired) electrons. The molecular weight excluding hydrogens is 353 g/mol. The van der Waals surface area contributed by atoms with Crippen molar-refractivity contribution in [2.75, 3.05) is 13.1 Å². The van der Waals surface area contributed by atoms with Crippen molar-refractivity contribution in [3.63, 3.8) is 0 Å². The predicted octanol–water partition coefficient (Wildman–Crippen LogP) is 3.15. The van der Waals surface area contributed by atoms with Crippen molar-refractivity contribution in [3.8, 4) is 0 Å². The fourth-order valence-electron chi connectivity index (χ4n) is 2.03. The Morgan fingerprint density at radius 2 is 1.44 bits per heavy atom. The topological polar surface area (TPSA) is 58.2 Å². The first-order valence-electron chi connectivity index (χ1n) is 7.30. The van der Waals surface area contributed by atoms with E-state index in [4.69, 9.17) is 0 Å². The van der Waals surface area contributed by atoms with Crippen LogP contribution in [-0.2, 0) is 6.18 Å². The van der Waals surface area contributed by atoms with Gasteiger partial charge in [-0.05, 0) is 36.4 Å². The molecule has 0 atom stereocenters. The molecule has 0 aliphatic carbocycles. The van der Waals surface area contributed by atoms with E-state index >= 15 is 0 Å². The molecule has 0 aromatic heterocycles. The van der Waals surface area contributed by atoms with Crippen LogP contribution in [0.4, 0.5) is 13.2 Å². The van der Waals surface area contributed by atoms with Crippen molar-refractivity contribution in [3.05, 3.63) is 65.2 Å². The summed E-state index contributed by atoms with van der Waals surface area (Å²) in [5.41, 5.74) is -0.290. The standard InChI is InChI=1S/C17H15F3N2O2S/c18-17(19,20)12-7-5-11(6-8-12)15(23)21-9-10-22-16(24)13-3-1-2-4-14(13)25/h1-8,25H,9-10H2,(H,21,23)(H,22,24). The van der Waals surface area contributed by atoms with Crippen LogP contribution in [0.15, 0.2) is 53.4 Å². The molecule has 132 valence electrons. The molecule has 2 N–H and O–H groups in total. The summed E-state index contributed by atoms with van der Waals surface area (Å²) in [5, 5.41) is 5.15. The van der Waals surface area contributed by atoms with Gasteiger partial charge < -0.3 is 10.6 Å². The van der Waals surface area contributed by atoms with Crippen molar-refractivity contribution < 1.29 is 22.8 Å². The predicted molar refractivity (Wildman–Crippen MR) is 89.8 cm³/mol. The van der Waals surface area contributed by atoms with E-state index in [0.717, 1.165) is 24.3 Å². The van der Waals surface area contributed by atoms with Crippen LogP contribution in [0.3, 0.4) is 0 Å². The van der Waals surface area contributed by atoms with Gasteiger partial charge in [-0.15, -0.1) is 12.6 Å². The molecule has 0 aliphatic heterocycles. The molecule has 0 saturated carbocycles. The average molecular weight is 368 g/mol. The second-order valence-electron chi connectivity index (χ2n) is 5.10. The zero-order valence-electron chi connectivity index (χ0n) is 12.9. The van der Waals surface area contributed by atoms with Gasteiger partial charge in [-0.3, -0.25) is 9.59 Å². The number of amides is 2. The van der Waals surface area contributed by atoms with E-state index in [9.17, 15) is 22.8 Å². The molecule has 0 heterocycles. The van der Waals surface area contributed by atoms with Crippen molar-refractivity contribution in [2.24, 2.45) is 0 Å². The largest absolute Gasteiger partial charge is 0.416 e. The third-order valence-electron chi connectivity index (χ3n) is 3.32. The van der Waals surface area contributed by atoms with Crippen LogP contribution in [-0.4, -0.2) is 24.9 Å². The first-order valence-corrected chi connectivity index (χ1v) is 7.75. The number of benzene rings is 2. The number of nitrogens with one attached hydrogen (secondary N) is 2. The molecule has 0 fully saturated rings. The number of carbonyl (C=O) groups is 2. The summed E-state index contributed by atoms with van der Waals surface area (Å²) in [6, 6.07) is 10.7. The summed E-state index contributed by atoms with van der Waals surface area (Å²) in [5.74, 6) is -0.841. The van der Waals surface area contributed by atoms with Gasteiger partial charge in [0.1, 0.15) is 0 Å². The van der Waals surface area contributed by atoms with E-state index < -0.39 is 17.6 Å². The minimum absolute atomic E-state index is 0.111. The smallest absolute Gasteiger partial charge is 0.350 e. The summed E-state index contributed by atoms with van der Waals surface area (Å²) < 4.78 is 37.4. The van der Waals surface area contributed by atoms with Gasteiger partial charge in [0, 0.05) is 23.5 Å². The molecule has 25 heavy (non-hydrogen) atoms. The van der Waals surface area contributed by atoms with Gasteiger partial charge in [0.15, 0.2) is 0 Å². The Hall–Kier alpha value is -2.48. The third kappa shape index (κ3) is 5.25. The fourth-order valence-corrected chi connectivity index (χ4v) is 2.29.